The van der Waals surface area contributed by atoms with Crippen molar-refractivity contribution in [2.45, 2.75) is 32.2 Å². The fourth-order valence-electron chi connectivity index (χ4n) is 3.27. The minimum atomic E-state index is 0.546. The molecule has 0 radical (unpaired) electrons. The van der Waals surface area contributed by atoms with E-state index in [1.807, 2.05) is 0 Å². The van der Waals surface area contributed by atoms with E-state index in [1.54, 1.807) is 7.11 Å². The molecule has 0 unspecified atom stereocenters. The maximum absolute atomic E-state index is 5.18. The van der Waals surface area contributed by atoms with E-state index in [-0.39, 0.29) is 0 Å². The SMILES string of the molecule is CCc1cc(NC2CCN(CCOC)CC2)c2ccccc2n1. The molecule has 4 nitrogen and oxygen atoms in total. The number of nitrogens with zero attached hydrogens (tertiary/aromatic N) is 2. The van der Waals surface area contributed by atoms with Crippen LogP contribution < -0.4 is 5.32 Å². The number of ether oxygens (including phenoxy) is 1. The van der Waals surface area contributed by atoms with Crippen LogP contribution in [0.5, 0.6) is 0 Å². The third kappa shape index (κ3) is 4.01. The van der Waals surface area contributed by atoms with E-state index in [1.165, 1.54) is 23.9 Å². The van der Waals surface area contributed by atoms with Crippen molar-refractivity contribution in [3.63, 3.8) is 0 Å². The molecule has 3 rings (SSSR count). The van der Waals surface area contributed by atoms with Crippen molar-refractivity contribution in [2.24, 2.45) is 0 Å². The molecule has 0 spiro atoms. The van der Waals surface area contributed by atoms with E-state index in [2.05, 4.69) is 47.5 Å². The lowest BCUT2D eigenvalue weighted by Crippen LogP contribution is -2.40. The van der Waals surface area contributed by atoms with E-state index in [9.17, 15) is 0 Å². The molecule has 1 saturated heterocycles. The van der Waals surface area contributed by atoms with Gasteiger partial charge in [-0.2, -0.15) is 0 Å². The highest BCUT2D eigenvalue weighted by Crippen LogP contribution is 2.26. The summed E-state index contributed by atoms with van der Waals surface area (Å²) in [5.41, 5.74) is 3.48. The number of likely N-dealkylation sites (tertiary alicyclic amines) is 1. The summed E-state index contributed by atoms with van der Waals surface area (Å²) in [5, 5.41) is 5.01. The Balaban J connectivity index is 1.70. The van der Waals surface area contributed by atoms with Gasteiger partial charge in [0, 0.05) is 49.6 Å². The Hall–Kier alpha value is -1.65. The molecule has 0 amide bonds. The van der Waals surface area contributed by atoms with Crippen molar-refractivity contribution < 1.29 is 4.74 Å². The van der Waals surface area contributed by atoms with Crippen LogP contribution in [-0.4, -0.2) is 49.3 Å². The second-order valence-corrected chi connectivity index (χ2v) is 6.28. The molecule has 1 aliphatic heterocycles. The van der Waals surface area contributed by atoms with Gasteiger partial charge in [0.15, 0.2) is 0 Å². The Labute approximate surface area is 138 Å². The van der Waals surface area contributed by atoms with E-state index >= 15 is 0 Å². The zero-order valence-electron chi connectivity index (χ0n) is 14.2. The highest BCUT2D eigenvalue weighted by atomic mass is 16.5. The standard InChI is InChI=1S/C19H27N3O/c1-3-15-14-19(17-6-4-5-7-18(17)20-15)21-16-8-10-22(11-9-16)12-13-23-2/h4-7,14,16H,3,8-13H2,1-2H3,(H,20,21). The number of nitrogens with one attached hydrogen (secondary N) is 1. The van der Waals surface area contributed by atoms with Gasteiger partial charge in [-0.05, 0) is 31.4 Å². The van der Waals surface area contributed by atoms with Crippen molar-refractivity contribution in [3.8, 4) is 0 Å². The minimum absolute atomic E-state index is 0.546. The number of para-hydroxylation sites is 1. The number of hydrogen-bond donors (Lipinski definition) is 1. The summed E-state index contributed by atoms with van der Waals surface area (Å²) in [6.45, 7) is 6.32. The van der Waals surface area contributed by atoms with Crippen molar-refractivity contribution in [1.82, 2.24) is 9.88 Å². The first-order chi connectivity index (χ1) is 11.3. The Bertz CT molecular complexity index is 636. The maximum atomic E-state index is 5.18. The predicted molar refractivity (Wildman–Crippen MR) is 96.1 cm³/mol. The number of hydrogen-bond acceptors (Lipinski definition) is 4. The van der Waals surface area contributed by atoms with Gasteiger partial charge in [0.2, 0.25) is 0 Å². The molecule has 124 valence electrons. The molecule has 1 aliphatic rings. The Kier molecular flexibility index (Phi) is 5.47. The smallest absolute Gasteiger partial charge is 0.0726 e. The number of anilines is 1. The van der Waals surface area contributed by atoms with Gasteiger partial charge in [-0.1, -0.05) is 25.1 Å². The number of aryl methyl sites for hydroxylation is 1. The number of benzene rings is 1. The summed E-state index contributed by atoms with van der Waals surface area (Å²) in [7, 11) is 1.77. The Morgan fingerprint density at radius 1 is 1.26 bits per heavy atom. The first kappa shape index (κ1) is 16.2. The van der Waals surface area contributed by atoms with Crippen molar-refractivity contribution in [2.75, 3.05) is 38.7 Å². The van der Waals surface area contributed by atoms with Gasteiger partial charge in [0.05, 0.1) is 12.1 Å². The fourth-order valence-corrected chi connectivity index (χ4v) is 3.27. The fraction of sp³-hybridized carbons (Fsp3) is 0.526. The molecular weight excluding hydrogens is 286 g/mol. The highest BCUT2D eigenvalue weighted by Gasteiger charge is 2.19. The lowest BCUT2D eigenvalue weighted by Gasteiger charge is -2.33. The third-order valence-corrected chi connectivity index (χ3v) is 4.69. The second-order valence-electron chi connectivity index (χ2n) is 6.28. The lowest BCUT2D eigenvalue weighted by atomic mass is 10.0. The van der Waals surface area contributed by atoms with Gasteiger partial charge in [-0.3, -0.25) is 4.98 Å². The first-order valence-electron chi connectivity index (χ1n) is 8.66. The number of fused-ring (bicyclic) bond motifs is 1. The number of rotatable bonds is 6. The molecule has 2 heterocycles. The molecule has 23 heavy (non-hydrogen) atoms. The summed E-state index contributed by atoms with van der Waals surface area (Å²) < 4.78 is 5.18. The predicted octanol–water partition coefficient (Wildman–Crippen LogP) is 3.32. The minimum Gasteiger partial charge on any atom is -0.383 e. The van der Waals surface area contributed by atoms with Crippen LogP contribution in [0, 0.1) is 0 Å². The van der Waals surface area contributed by atoms with Gasteiger partial charge in [-0.15, -0.1) is 0 Å². The molecule has 0 bridgehead atoms. The van der Waals surface area contributed by atoms with E-state index < -0.39 is 0 Å². The molecule has 1 aromatic carbocycles. The van der Waals surface area contributed by atoms with Gasteiger partial charge < -0.3 is 15.0 Å². The Morgan fingerprint density at radius 2 is 2.04 bits per heavy atom. The molecule has 0 aliphatic carbocycles. The zero-order valence-corrected chi connectivity index (χ0v) is 14.2. The summed E-state index contributed by atoms with van der Waals surface area (Å²) in [6.07, 6.45) is 3.33. The first-order valence-corrected chi connectivity index (χ1v) is 8.66. The molecular formula is C19H27N3O. The third-order valence-electron chi connectivity index (χ3n) is 4.69. The monoisotopic (exact) mass is 313 g/mol. The molecule has 0 saturated carbocycles. The van der Waals surface area contributed by atoms with Crippen molar-refractivity contribution in [1.29, 1.82) is 0 Å². The van der Waals surface area contributed by atoms with E-state index in [0.29, 0.717) is 6.04 Å². The molecule has 4 heteroatoms. The number of aromatic nitrogens is 1. The number of pyridine rings is 1. The van der Waals surface area contributed by atoms with Gasteiger partial charge in [0.1, 0.15) is 0 Å². The quantitative estimate of drug-likeness (QED) is 0.888. The largest absolute Gasteiger partial charge is 0.383 e. The van der Waals surface area contributed by atoms with Crippen LogP contribution >= 0.6 is 0 Å². The van der Waals surface area contributed by atoms with E-state index in [4.69, 9.17) is 9.72 Å². The van der Waals surface area contributed by atoms with Crippen LogP contribution in [0.3, 0.4) is 0 Å². The molecule has 1 fully saturated rings. The van der Waals surface area contributed by atoms with E-state index in [0.717, 1.165) is 43.9 Å². The summed E-state index contributed by atoms with van der Waals surface area (Å²) >= 11 is 0. The average molecular weight is 313 g/mol. The van der Waals surface area contributed by atoms with Crippen molar-refractivity contribution >= 4 is 16.6 Å². The topological polar surface area (TPSA) is 37.4 Å². The molecule has 2 aromatic rings. The molecule has 1 N–H and O–H groups in total. The van der Waals surface area contributed by atoms with Gasteiger partial charge in [0.25, 0.3) is 0 Å². The van der Waals surface area contributed by atoms with Crippen LogP contribution in [0.25, 0.3) is 10.9 Å². The van der Waals surface area contributed by atoms with Crippen LogP contribution in [-0.2, 0) is 11.2 Å². The lowest BCUT2D eigenvalue weighted by molar-refractivity contribution is 0.132. The Morgan fingerprint density at radius 3 is 2.78 bits per heavy atom. The van der Waals surface area contributed by atoms with Crippen LogP contribution in [0.2, 0.25) is 0 Å². The average Bonchev–Trinajstić information content (AvgIpc) is 2.61. The summed E-state index contributed by atoms with van der Waals surface area (Å²) in [5.74, 6) is 0. The second kappa shape index (κ2) is 7.75. The zero-order chi connectivity index (χ0) is 16.1. The summed E-state index contributed by atoms with van der Waals surface area (Å²) in [6, 6.07) is 11.2. The molecule has 0 atom stereocenters. The van der Waals surface area contributed by atoms with Gasteiger partial charge >= 0.3 is 0 Å². The molecule has 1 aromatic heterocycles. The van der Waals surface area contributed by atoms with Gasteiger partial charge in [-0.25, -0.2) is 0 Å². The van der Waals surface area contributed by atoms with Crippen LogP contribution in [0.1, 0.15) is 25.5 Å². The normalized spacial score (nSPS) is 16.8. The van der Waals surface area contributed by atoms with Crippen molar-refractivity contribution in [3.05, 3.63) is 36.0 Å². The summed E-state index contributed by atoms with van der Waals surface area (Å²) in [4.78, 5) is 7.22. The number of piperidine rings is 1. The van der Waals surface area contributed by atoms with Crippen LogP contribution in [0.15, 0.2) is 30.3 Å². The van der Waals surface area contributed by atoms with Crippen LogP contribution in [0.4, 0.5) is 5.69 Å². The highest BCUT2D eigenvalue weighted by molar-refractivity contribution is 5.91. The maximum Gasteiger partial charge on any atom is 0.0726 e. The number of methoxy groups -OCH3 is 1.